The molecule has 3 heterocycles. The molecule has 0 aromatic heterocycles. The number of nitrogens with zero attached hydrogens (tertiary/aromatic N) is 3. The Bertz CT molecular complexity index is 345. The second kappa shape index (κ2) is 7.00. The van der Waals surface area contributed by atoms with Gasteiger partial charge in [-0.2, -0.15) is 12.6 Å². The van der Waals surface area contributed by atoms with Gasteiger partial charge in [0.15, 0.2) is 0 Å². The molecule has 0 bridgehead atoms. The average Bonchev–Trinajstić information content (AvgIpc) is 2.46. The fourth-order valence-corrected chi connectivity index (χ4v) is 4.97. The zero-order valence-corrected chi connectivity index (χ0v) is 15.7. The van der Waals surface area contributed by atoms with E-state index in [9.17, 15) is 0 Å². The van der Waals surface area contributed by atoms with Crippen LogP contribution >= 0.6 is 12.6 Å². The molecule has 128 valence electrons. The molecular weight excluding hydrogens is 290 g/mol. The highest BCUT2D eigenvalue weighted by Gasteiger charge is 2.45. The molecule has 0 saturated carbocycles. The lowest BCUT2D eigenvalue weighted by Crippen LogP contribution is -2.61. The van der Waals surface area contributed by atoms with Crippen LogP contribution < -0.4 is 0 Å². The number of thiol groups is 1. The van der Waals surface area contributed by atoms with Gasteiger partial charge in [-0.3, -0.25) is 4.90 Å². The molecule has 3 aliphatic rings. The highest BCUT2D eigenvalue weighted by atomic mass is 32.1. The molecule has 0 aromatic rings. The smallest absolute Gasteiger partial charge is 0.0499 e. The number of hydrogen-bond acceptors (Lipinski definition) is 4. The molecule has 3 nitrogen and oxygen atoms in total. The van der Waals surface area contributed by atoms with Crippen LogP contribution in [0.25, 0.3) is 0 Å². The van der Waals surface area contributed by atoms with Crippen molar-refractivity contribution in [1.82, 2.24) is 14.7 Å². The minimum Gasteiger partial charge on any atom is -0.302 e. The van der Waals surface area contributed by atoms with E-state index in [-0.39, 0.29) is 0 Å². The van der Waals surface area contributed by atoms with E-state index in [1.165, 1.54) is 71.5 Å². The molecule has 4 heteroatoms. The van der Waals surface area contributed by atoms with E-state index in [4.69, 9.17) is 0 Å². The number of hydrogen-bond donors (Lipinski definition) is 1. The summed E-state index contributed by atoms with van der Waals surface area (Å²) >= 11 is 4.57. The molecule has 0 aliphatic carbocycles. The van der Waals surface area contributed by atoms with Crippen molar-refractivity contribution in [2.75, 3.05) is 45.8 Å². The van der Waals surface area contributed by atoms with E-state index < -0.39 is 0 Å². The normalized spacial score (nSPS) is 29.9. The standard InChI is InChI=1S/C18H35N3S/c1-15(2)20-10-6-18(7-11-20)13-19(14-18)12-17-4-8-21(9-5-17)16(3)22/h15-17,22H,4-14H2,1-3H3. The Morgan fingerprint density at radius 1 is 0.955 bits per heavy atom. The van der Waals surface area contributed by atoms with E-state index >= 15 is 0 Å². The minimum atomic E-state index is 0.430. The Balaban J connectivity index is 1.36. The van der Waals surface area contributed by atoms with Crippen molar-refractivity contribution in [3.05, 3.63) is 0 Å². The number of piperidine rings is 2. The fourth-order valence-electron chi connectivity index (χ4n) is 4.74. The fraction of sp³-hybridized carbons (Fsp3) is 1.00. The van der Waals surface area contributed by atoms with Crippen molar-refractivity contribution in [2.24, 2.45) is 11.3 Å². The van der Waals surface area contributed by atoms with Gasteiger partial charge in [0, 0.05) is 31.0 Å². The van der Waals surface area contributed by atoms with Gasteiger partial charge in [0.25, 0.3) is 0 Å². The molecule has 3 fully saturated rings. The van der Waals surface area contributed by atoms with Crippen LogP contribution in [0, 0.1) is 11.3 Å². The zero-order valence-electron chi connectivity index (χ0n) is 14.8. The molecule has 1 unspecified atom stereocenters. The Labute approximate surface area is 142 Å². The third kappa shape index (κ3) is 3.82. The summed E-state index contributed by atoms with van der Waals surface area (Å²) in [5.74, 6) is 0.927. The lowest BCUT2D eigenvalue weighted by atomic mass is 9.71. The summed E-state index contributed by atoms with van der Waals surface area (Å²) in [7, 11) is 0. The third-order valence-corrected chi connectivity index (χ3v) is 6.73. The first-order valence-electron chi connectivity index (χ1n) is 9.36. The molecule has 1 spiro atoms. The second-order valence-electron chi connectivity index (χ2n) is 8.41. The van der Waals surface area contributed by atoms with Gasteiger partial charge in [0.1, 0.15) is 0 Å². The van der Waals surface area contributed by atoms with Crippen LogP contribution in [-0.4, -0.2) is 71.9 Å². The molecule has 3 rings (SSSR count). The molecule has 3 aliphatic heterocycles. The Morgan fingerprint density at radius 2 is 1.55 bits per heavy atom. The number of likely N-dealkylation sites (tertiary alicyclic amines) is 3. The molecule has 22 heavy (non-hydrogen) atoms. The van der Waals surface area contributed by atoms with Gasteiger partial charge in [0.2, 0.25) is 0 Å². The predicted octanol–water partition coefficient (Wildman–Crippen LogP) is 2.78. The lowest BCUT2D eigenvalue weighted by molar-refractivity contribution is -0.0610. The summed E-state index contributed by atoms with van der Waals surface area (Å²) in [4.78, 5) is 7.91. The highest BCUT2D eigenvalue weighted by molar-refractivity contribution is 7.80. The third-order valence-electron chi connectivity index (χ3n) is 6.40. The van der Waals surface area contributed by atoms with Gasteiger partial charge in [-0.1, -0.05) is 0 Å². The van der Waals surface area contributed by atoms with Crippen LogP contribution in [0.5, 0.6) is 0 Å². The molecule has 0 aromatic carbocycles. The zero-order chi connectivity index (χ0) is 15.7. The van der Waals surface area contributed by atoms with Crippen molar-refractivity contribution >= 4 is 12.6 Å². The first-order chi connectivity index (χ1) is 10.5. The maximum absolute atomic E-state index is 4.57. The molecule has 3 saturated heterocycles. The Kier molecular flexibility index (Phi) is 5.43. The summed E-state index contributed by atoms with van der Waals surface area (Å²) in [5, 5.41) is 0.430. The van der Waals surface area contributed by atoms with Crippen molar-refractivity contribution < 1.29 is 0 Å². The van der Waals surface area contributed by atoms with Gasteiger partial charge in [-0.05, 0) is 84.0 Å². The van der Waals surface area contributed by atoms with Gasteiger partial charge >= 0.3 is 0 Å². The van der Waals surface area contributed by atoms with E-state index in [0.717, 1.165) is 12.0 Å². The molecular formula is C18H35N3S. The maximum atomic E-state index is 4.57. The van der Waals surface area contributed by atoms with Gasteiger partial charge in [-0.15, -0.1) is 0 Å². The van der Waals surface area contributed by atoms with Crippen LogP contribution in [0.3, 0.4) is 0 Å². The monoisotopic (exact) mass is 325 g/mol. The van der Waals surface area contributed by atoms with Crippen molar-refractivity contribution in [2.45, 2.75) is 57.9 Å². The van der Waals surface area contributed by atoms with Crippen molar-refractivity contribution in [3.63, 3.8) is 0 Å². The van der Waals surface area contributed by atoms with Crippen LogP contribution in [-0.2, 0) is 0 Å². The van der Waals surface area contributed by atoms with Crippen LogP contribution in [0.1, 0.15) is 46.5 Å². The molecule has 1 atom stereocenters. The summed E-state index contributed by atoms with van der Waals surface area (Å²) < 4.78 is 0. The minimum absolute atomic E-state index is 0.430. The maximum Gasteiger partial charge on any atom is 0.0499 e. The van der Waals surface area contributed by atoms with Crippen LogP contribution in [0.4, 0.5) is 0 Å². The quantitative estimate of drug-likeness (QED) is 0.797. The highest BCUT2D eigenvalue weighted by Crippen LogP contribution is 2.41. The van der Waals surface area contributed by atoms with Crippen molar-refractivity contribution in [3.8, 4) is 0 Å². The van der Waals surface area contributed by atoms with Crippen molar-refractivity contribution in [1.29, 1.82) is 0 Å². The van der Waals surface area contributed by atoms with E-state index in [1.807, 2.05) is 0 Å². The molecule has 0 N–H and O–H groups in total. The Hall–Kier alpha value is 0.230. The number of rotatable bonds is 4. The average molecular weight is 326 g/mol. The van der Waals surface area contributed by atoms with Gasteiger partial charge < -0.3 is 9.80 Å². The Morgan fingerprint density at radius 3 is 2.05 bits per heavy atom. The largest absolute Gasteiger partial charge is 0.302 e. The lowest BCUT2D eigenvalue weighted by Gasteiger charge is -2.55. The predicted molar refractivity (Wildman–Crippen MR) is 97.6 cm³/mol. The van der Waals surface area contributed by atoms with Crippen LogP contribution in [0.15, 0.2) is 0 Å². The molecule has 0 radical (unpaired) electrons. The summed E-state index contributed by atoms with van der Waals surface area (Å²) in [6.07, 6.45) is 5.60. The van der Waals surface area contributed by atoms with Gasteiger partial charge in [0.05, 0.1) is 0 Å². The summed E-state index contributed by atoms with van der Waals surface area (Å²) in [5.41, 5.74) is 0.686. The van der Waals surface area contributed by atoms with E-state index in [1.54, 1.807) is 0 Å². The SMILES string of the molecule is CC(C)N1CCC2(CC1)CN(CC1CCN(C(C)S)CC1)C2. The van der Waals surface area contributed by atoms with E-state index in [2.05, 4.69) is 48.1 Å². The first-order valence-corrected chi connectivity index (χ1v) is 9.88. The second-order valence-corrected chi connectivity index (χ2v) is 9.16. The molecule has 0 amide bonds. The van der Waals surface area contributed by atoms with Crippen LogP contribution in [0.2, 0.25) is 0 Å². The summed E-state index contributed by atoms with van der Waals surface area (Å²) in [6.45, 7) is 16.1. The first kappa shape index (κ1) is 17.1. The van der Waals surface area contributed by atoms with E-state index in [0.29, 0.717) is 10.8 Å². The summed E-state index contributed by atoms with van der Waals surface area (Å²) in [6, 6.07) is 0.730. The topological polar surface area (TPSA) is 9.72 Å². The van der Waals surface area contributed by atoms with Gasteiger partial charge in [-0.25, -0.2) is 0 Å².